The summed E-state index contributed by atoms with van der Waals surface area (Å²) in [5, 5.41) is 15.8. The van der Waals surface area contributed by atoms with Crippen molar-refractivity contribution in [3.8, 4) is 11.8 Å². The second-order valence-corrected chi connectivity index (χ2v) is 9.69. The SMILES string of the molecule is CC1(C)CC(NC(=S)Nc2cccc(C#N)c2)c2cc(NS(C)(=O)=O)ccc2O1. The number of ether oxygens (including phenoxy) is 1. The summed E-state index contributed by atoms with van der Waals surface area (Å²) in [6.45, 7) is 3.97. The highest BCUT2D eigenvalue weighted by Gasteiger charge is 2.34. The maximum atomic E-state index is 11.6. The summed E-state index contributed by atoms with van der Waals surface area (Å²) in [6, 6.07) is 14.1. The van der Waals surface area contributed by atoms with Gasteiger partial charge in [-0.25, -0.2) is 8.42 Å². The van der Waals surface area contributed by atoms with Crippen molar-refractivity contribution in [1.29, 1.82) is 5.26 Å². The molecule has 0 aliphatic carbocycles. The van der Waals surface area contributed by atoms with Crippen molar-refractivity contribution >= 4 is 38.7 Å². The summed E-state index contributed by atoms with van der Waals surface area (Å²) >= 11 is 5.46. The Balaban J connectivity index is 1.83. The quantitative estimate of drug-likeness (QED) is 0.638. The lowest BCUT2D eigenvalue weighted by Crippen LogP contribution is -2.42. The van der Waals surface area contributed by atoms with Gasteiger partial charge in [0.05, 0.1) is 23.9 Å². The van der Waals surface area contributed by atoms with Gasteiger partial charge in [0, 0.05) is 23.4 Å². The van der Waals surface area contributed by atoms with Gasteiger partial charge in [-0.1, -0.05) is 6.07 Å². The molecule has 0 aromatic heterocycles. The molecule has 29 heavy (non-hydrogen) atoms. The average Bonchev–Trinajstić information content (AvgIpc) is 2.60. The van der Waals surface area contributed by atoms with E-state index >= 15 is 0 Å². The van der Waals surface area contributed by atoms with Gasteiger partial charge in [-0.15, -0.1) is 0 Å². The lowest BCUT2D eigenvalue weighted by molar-refractivity contribution is 0.0697. The van der Waals surface area contributed by atoms with Crippen LogP contribution in [0.2, 0.25) is 0 Å². The molecule has 1 aliphatic rings. The molecule has 1 heterocycles. The topological polar surface area (TPSA) is 103 Å². The predicted octanol–water partition coefficient (Wildman–Crippen LogP) is 3.52. The first kappa shape index (κ1) is 20.9. The maximum absolute atomic E-state index is 11.6. The Morgan fingerprint density at radius 3 is 2.69 bits per heavy atom. The van der Waals surface area contributed by atoms with Crippen LogP contribution >= 0.6 is 12.2 Å². The van der Waals surface area contributed by atoms with E-state index in [9.17, 15) is 8.42 Å². The largest absolute Gasteiger partial charge is 0.487 e. The average molecular weight is 431 g/mol. The molecule has 152 valence electrons. The monoisotopic (exact) mass is 430 g/mol. The van der Waals surface area contributed by atoms with Gasteiger partial charge in [-0.3, -0.25) is 4.72 Å². The summed E-state index contributed by atoms with van der Waals surface area (Å²) in [5.74, 6) is 0.673. The fourth-order valence-electron chi connectivity index (χ4n) is 3.25. The standard InChI is InChI=1S/C20H22N4O3S2/c1-20(2)11-17(23-19(28)22-14-6-4-5-13(9-14)12-21)16-10-15(24-29(3,25)26)7-8-18(16)27-20/h4-10,17,24H,11H2,1-3H3,(H2,22,23,28). The second kappa shape index (κ2) is 7.89. The smallest absolute Gasteiger partial charge is 0.229 e. The highest BCUT2D eigenvalue weighted by Crippen LogP contribution is 2.40. The van der Waals surface area contributed by atoms with E-state index in [-0.39, 0.29) is 6.04 Å². The molecule has 1 atom stereocenters. The van der Waals surface area contributed by atoms with Gasteiger partial charge in [0.15, 0.2) is 5.11 Å². The van der Waals surface area contributed by atoms with Gasteiger partial charge in [-0.05, 0) is 62.5 Å². The van der Waals surface area contributed by atoms with E-state index < -0.39 is 15.6 Å². The predicted molar refractivity (Wildman–Crippen MR) is 117 cm³/mol. The fourth-order valence-corrected chi connectivity index (χ4v) is 4.07. The number of nitrogens with one attached hydrogen (secondary N) is 3. The molecule has 1 aliphatic heterocycles. The van der Waals surface area contributed by atoms with Crippen LogP contribution in [0.25, 0.3) is 0 Å². The molecule has 0 radical (unpaired) electrons. The van der Waals surface area contributed by atoms with Crippen molar-refractivity contribution in [2.45, 2.75) is 31.9 Å². The summed E-state index contributed by atoms with van der Waals surface area (Å²) in [5.41, 5.74) is 2.09. The Hall–Kier alpha value is -2.83. The van der Waals surface area contributed by atoms with Crippen LogP contribution in [0.15, 0.2) is 42.5 Å². The van der Waals surface area contributed by atoms with Crippen LogP contribution < -0.4 is 20.1 Å². The van der Waals surface area contributed by atoms with Crippen molar-refractivity contribution in [3.05, 3.63) is 53.6 Å². The van der Waals surface area contributed by atoms with E-state index in [0.29, 0.717) is 34.2 Å². The number of fused-ring (bicyclic) bond motifs is 1. The van der Waals surface area contributed by atoms with E-state index in [1.807, 2.05) is 19.9 Å². The molecular weight excluding hydrogens is 408 g/mol. The molecule has 9 heteroatoms. The third-order valence-electron chi connectivity index (χ3n) is 4.33. The summed E-state index contributed by atoms with van der Waals surface area (Å²) in [6.07, 6.45) is 1.73. The molecule has 0 amide bonds. The number of hydrogen-bond acceptors (Lipinski definition) is 5. The molecule has 0 spiro atoms. The third kappa shape index (κ3) is 5.59. The molecule has 3 rings (SSSR count). The van der Waals surface area contributed by atoms with E-state index in [4.69, 9.17) is 22.2 Å². The van der Waals surface area contributed by atoms with Crippen molar-refractivity contribution in [1.82, 2.24) is 5.32 Å². The van der Waals surface area contributed by atoms with Crippen molar-refractivity contribution < 1.29 is 13.2 Å². The first-order valence-electron chi connectivity index (χ1n) is 8.93. The van der Waals surface area contributed by atoms with Gasteiger partial charge in [-0.2, -0.15) is 5.26 Å². The number of hydrogen-bond donors (Lipinski definition) is 3. The lowest BCUT2D eigenvalue weighted by atomic mass is 9.89. The minimum atomic E-state index is -3.39. The summed E-state index contributed by atoms with van der Waals surface area (Å²) in [7, 11) is -3.39. The number of nitriles is 1. The van der Waals surface area contributed by atoms with Crippen LogP contribution in [-0.4, -0.2) is 25.4 Å². The molecule has 0 bridgehead atoms. The van der Waals surface area contributed by atoms with Crippen LogP contribution in [0.1, 0.15) is 37.4 Å². The molecule has 7 nitrogen and oxygen atoms in total. The lowest BCUT2D eigenvalue weighted by Gasteiger charge is -2.38. The molecule has 1 unspecified atom stereocenters. The van der Waals surface area contributed by atoms with Gasteiger partial charge >= 0.3 is 0 Å². The van der Waals surface area contributed by atoms with Crippen molar-refractivity contribution in [2.75, 3.05) is 16.3 Å². The zero-order valence-electron chi connectivity index (χ0n) is 16.3. The molecule has 3 N–H and O–H groups in total. The normalized spacial score (nSPS) is 17.2. The molecular formula is C20H22N4O3S2. The Morgan fingerprint density at radius 2 is 2.00 bits per heavy atom. The minimum absolute atomic E-state index is 0.186. The van der Waals surface area contributed by atoms with E-state index in [1.54, 1.807) is 36.4 Å². The third-order valence-corrected chi connectivity index (χ3v) is 5.15. The van der Waals surface area contributed by atoms with Crippen molar-refractivity contribution in [3.63, 3.8) is 0 Å². The first-order chi connectivity index (χ1) is 13.5. The minimum Gasteiger partial charge on any atom is -0.487 e. The van der Waals surface area contributed by atoms with Crippen LogP contribution in [0, 0.1) is 11.3 Å². The molecule has 2 aromatic carbocycles. The Morgan fingerprint density at radius 1 is 1.24 bits per heavy atom. The second-order valence-electron chi connectivity index (χ2n) is 7.54. The van der Waals surface area contributed by atoms with Crippen LogP contribution in [0.3, 0.4) is 0 Å². The van der Waals surface area contributed by atoms with E-state index in [0.717, 1.165) is 11.8 Å². The molecule has 0 fully saturated rings. The van der Waals surface area contributed by atoms with E-state index in [2.05, 4.69) is 21.4 Å². The van der Waals surface area contributed by atoms with E-state index in [1.165, 1.54) is 0 Å². The van der Waals surface area contributed by atoms with Crippen molar-refractivity contribution in [2.24, 2.45) is 0 Å². The van der Waals surface area contributed by atoms with Gasteiger partial charge in [0.1, 0.15) is 11.4 Å². The molecule has 0 saturated heterocycles. The highest BCUT2D eigenvalue weighted by molar-refractivity contribution is 7.92. The summed E-state index contributed by atoms with van der Waals surface area (Å²) < 4.78 is 31.7. The number of rotatable bonds is 4. The van der Waals surface area contributed by atoms with Crippen LogP contribution in [0.5, 0.6) is 5.75 Å². The molecule has 0 saturated carbocycles. The van der Waals surface area contributed by atoms with Gasteiger partial charge in [0.25, 0.3) is 0 Å². The first-order valence-corrected chi connectivity index (χ1v) is 11.2. The Bertz CT molecular complexity index is 1090. The van der Waals surface area contributed by atoms with Gasteiger partial charge in [0.2, 0.25) is 10.0 Å². The van der Waals surface area contributed by atoms with Gasteiger partial charge < -0.3 is 15.4 Å². The Labute approximate surface area is 176 Å². The number of sulfonamides is 1. The zero-order chi connectivity index (χ0) is 21.2. The number of nitrogens with zero attached hydrogens (tertiary/aromatic N) is 1. The number of anilines is 2. The van der Waals surface area contributed by atoms with Crippen LogP contribution in [0.4, 0.5) is 11.4 Å². The zero-order valence-corrected chi connectivity index (χ0v) is 17.9. The summed E-state index contributed by atoms with van der Waals surface area (Å²) in [4.78, 5) is 0. The van der Waals surface area contributed by atoms with Crippen LogP contribution in [-0.2, 0) is 10.0 Å². The maximum Gasteiger partial charge on any atom is 0.229 e. The molecule has 2 aromatic rings. The highest BCUT2D eigenvalue weighted by atomic mass is 32.2. The fraction of sp³-hybridized carbons (Fsp3) is 0.300. The number of benzene rings is 2. The number of thiocarbonyl (C=S) groups is 1. The Kier molecular flexibility index (Phi) is 5.68.